The van der Waals surface area contributed by atoms with Gasteiger partial charge in [0.1, 0.15) is 0 Å². The molecule has 0 bridgehead atoms. The van der Waals surface area contributed by atoms with E-state index in [0.717, 1.165) is 25.9 Å². The van der Waals surface area contributed by atoms with Crippen LogP contribution in [0.3, 0.4) is 0 Å². The molecule has 0 radical (unpaired) electrons. The Morgan fingerprint density at radius 3 is 2.43 bits per heavy atom. The number of hydrogen-bond acceptors (Lipinski definition) is 4. The topological polar surface area (TPSA) is 84.2 Å². The zero-order chi connectivity index (χ0) is 10.7. The third-order valence-electron chi connectivity index (χ3n) is 2.81. The van der Waals surface area contributed by atoms with Crippen molar-refractivity contribution in [1.29, 1.82) is 0 Å². The highest BCUT2D eigenvalue weighted by atomic mass is 32.2. The molecule has 0 saturated carbocycles. The SMILES string of the molecule is CS(=O)(=O)NCC1(CN)CCNCC1. The van der Waals surface area contributed by atoms with Gasteiger partial charge < -0.3 is 11.1 Å². The van der Waals surface area contributed by atoms with Gasteiger partial charge in [-0.1, -0.05) is 0 Å². The number of nitrogens with one attached hydrogen (secondary N) is 2. The summed E-state index contributed by atoms with van der Waals surface area (Å²) in [4.78, 5) is 0. The minimum absolute atomic E-state index is 0.0473. The fraction of sp³-hybridized carbons (Fsp3) is 1.00. The molecule has 0 atom stereocenters. The molecule has 14 heavy (non-hydrogen) atoms. The molecule has 0 aromatic rings. The summed E-state index contributed by atoms with van der Waals surface area (Å²) in [6, 6.07) is 0. The Kier molecular flexibility index (Phi) is 3.88. The Morgan fingerprint density at radius 1 is 1.43 bits per heavy atom. The average Bonchev–Trinajstić information content (AvgIpc) is 2.15. The molecule has 1 rings (SSSR count). The van der Waals surface area contributed by atoms with E-state index in [1.165, 1.54) is 6.26 Å². The summed E-state index contributed by atoms with van der Waals surface area (Å²) in [6.45, 7) is 2.84. The van der Waals surface area contributed by atoms with Gasteiger partial charge in [-0.05, 0) is 37.9 Å². The number of sulfonamides is 1. The Hall–Kier alpha value is -0.170. The summed E-state index contributed by atoms with van der Waals surface area (Å²) in [7, 11) is -3.10. The highest BCUT2D eigenvalue weighted by Crippen LogP contribution is 2.26. The van der Waals surface area contributed by atoms with E-state index >= 15 is 0 Å². The van der Waals surface area contributed by atoms with Crippen LogP contribution in [0.1, 0.15) is 12.8 Å². The van der Waals surface area contributed by atoms with Gasteiger partial charge in [-0.15, -0.1) is 0 Å². The first-order valence-electron chi connectivity index (χ1n) is 4.83. The van der Waals surface area contributed by atoms with Crippen molar-refractivity contribution in [3.05, 3.63) is 0 Å². The monoisotopic (exact) mass is 221 g/mol. The van der Waals surface area contributed by atoms with Crippen molar-refractivity contribution < 1.29 is 8.42 Å². The first kappa shape index (κ1) is 11.9. The zero-order valence-corrected chi connectivity index (χ0v) is 9.36. The standard InChI is InChI=1S/C8H19N3O2S/c1-14(12,13)11-7-8(6-9)2-4-10-5-3-8/h10-11H,2-7,9H2,1H3. The Morgan fingerprint density at radius 2 is 2.00 bits per heavy atom. The lowest BCUT2D eigenvalue weighted by Gasteiger charge is -2.36. The van der Waals surface area contributed by atoms with Gasteiger partial charge in [-0.2, -0.15) is 0 Å². The van der Waals surface area contributed by atoms with Crippen molar-refractivity contribution in [3.8, 4) is 0 Å². The molecule has 84 valence electrons. The van der Waals surface area contributed by atoms with Gasteiger partial charge in [0.2, 0.25) is 10.0 Å². The van der Waals surface area contributed by atoms with Crippen molar-refractivity contribution in [2.24, 2.45) is 11.1 Å². The average molecular weight is 221 g/mol. The van der Waals surface area contributed by atoms with Crippen LogP contribution in [0, 0.1) is 5.41 Å². The van der Waals surface area contributed by atoms with Crippen LogP contribution >= 0.6 is 0 Å². The van der Waals surface area contributed by atoms with Crippen molar-refractivity contribution in [1.82, 2.24) is 10.0 Å². The second-order valence-corrected chi connectivity index (χ2v) is 5.88. The highest BCUT2D eigenvalue weighted by Gasteiger charge is 2.31. The smallest absolute Gasteiger partial charge is 0.208 e. The molecular formula is C8H19N3O2S. The highest BCUT2D eigenvalue weighted by molar-refractivity contribution is 7.88. The Bertz CT molecular complexity index is 270. The number of nitrogens with two attached hydrogens (primary N) is 1. The third kappa shape index (κ3) is 3.53. The van der Waals surface area contributed by atoms with Crippen LogP contribution in [0.2, 0.25) is 0 Å². The third-order valence-corrected chi connectivity index (χ3v) is 3.48. The number of rotatable bonds is 4. The van der Waals surface area contributed by atoms with Crippen molar-refractivity contribution >= 4 is 10.0 Å². The second-order valence-electron chi connectivity index (χ2n) is 4.05. The number of hydrogen-bond donors (Lipinski definition) is 3. The maximum atomic E-state index is 11.0. The quantitative estimate of drug-likeness (QED) is 0.560. The molecule has 1 fully saturated rings. The second kappa shape index (κ2) is 4.57. The van der Waals surface area contributed by atoms with E-state index in [2.05, 4.69) is 10.0 Å². The van der Waals surface area contributed by atoms with E-state index in [1.54, 1.807) is 0 Å². The van der Waals surface area contributed by atoms with Crippen LogP contribution in [0.25, 0.3) is 0 Å². The van der Waals surface area contributed by atoms with Gasteiger partial charge in [0.15, 0.2) is 0 Å². The predicted octanol–water partition coefficient (Wildman–Crippen LogP) is -1.14. The zero-order valence-electron chi connectivity index (χ0n) is 8.54. The summed E-state index contributed by atoms with van der Waals surface area (Å²) >= 11 is 0. The first-order valence-corrected chi connectivity index (χ1v) is 6.72. The molecule has 1 saturated heterocycles. The summed E-state index contributed by atoms with van der Waals surface area (Å²) in [5, 5.41) is 3.24. The van der Waals surface area contributed by atoms with E-state index in [-0.39, 0.29) is 5.41 Å². The fourth-order valence-electron chi connectivity index (χ4n) is 1.69. The van der Waals surface area contributed by atoms with Gasteiger partial charge in [0.05, 0.1) is 6.26 Å². The Balaban J connectivity index is 2.52. The molecule has 0 spiro atoms. The van der Waals surface area contributed by atoms with Gasteiger partial charge in [-0.25, -0.2) is 13.1 Å². The first-order chi connectivity index (χ1) is 6.47. The fourth-order valence-corrected chi connectivity index (χ4v) is 2.26. The molecule has 0 amide bonds. The Labute approximate surface area is 85.5 Å². The number of piperidine rings is 1. The summed E-state index contributed by atoms with van der Waals surface area (Å²) in [5.74, 6) is 0. The van der Waals surface area contributed by atoms with E-state index in [1.807, 2.05) is 0 Å². The maximum absolute atomic E-state index is 11.0. The van der Waals surface area contributed by atoms with Crippen molar-refractivity contribution in [2.45, 2.75) is 12.8 Å². The van der Waals surface area contributed by atoms with Crippen molar-refractivity contribution in [3.63, 3.8) is 0 Å². The largest absolute Gasteiger partial charge is 0.330 e. The molecule has 0 aliphatic carbocycles. The summed E-state index contributed by atoms with van der Waals surface area (Å²) < 4.78 is 24.5. The van der Waals surface area contributed by atoms with Crippen LogP contribution in [0.4, 0.5) is 0 Å². The maximum Gasteiger partial charge on any atom is 0.208 e. The van der Waals surface area contributed by atoms with E-state index in [4.69, 9.17) is 5.73 Å². The normalized spacial score (nSPS) is 22.1. The summed E-state index contributed by atoms with van der Waals surface area (Å²) in [6.07, 6.45) is 3.05. The van der Waals surface area contributed by atoms with E-state index in [9.17, 15) is 8.42 Å². The molecule has 1 aliphatic rings. The van der Waals surface area contributed by atoms with Crippen molar-refractivity contribution in [2.75, 3.05) is 32.4 Å². The molecular weight excluding hydrogens is 202 g/mol. The van der Waals surface area contributed by atoms with Crippen LogP contribution in [0.15, 0.2) is 0 Å². The van der Waals surface area contributed by atoms with Gasteiger partial charge >= 0.3 is 0 Å². The summed E-state index contributed by atoms with van der Waals surface area (Å²) in [5.41, 5.74) is 5.66. The van der Waals surface area contributed by atoms with E-state index < -0.39 is 10.0 Å². The van der Waals surface area contributed by atoms with Crippen LogP contribution in [-0.2, 0) is 10.0 Å². The molecule has 1 heterocycles. The van der Waals surface area contributed by atoms with Gasteiger partial charge in [0.25, 0.3) is 0 Å². The molecule has 1 aliphatic heterocycles. The molecule has 0 aromatic heterocycles. The minimum Gasteiger partial charge on any atom is -0.330 e. The lowest BCUT2D eigenvalue weighted by Crippen LogP contribution is -2.48. The van der Waals surface area contributed by atoms with Crippen LogP contribution in [-0.4, -0.2) is 40.9 Å². The molecule has 0 unspecified atom stereocenters. The van der Waals surface area contributed by atoms with Crippen LogP contribution < -0.4 is 15.8 Å². The lowest BCUT2D eigenvalue weighted by molar-refractivity contribution is 0.214. The van der Waals surface area contributed by atoms with Gasteiger partial charge in [0, 0.05) is 6.54 Å². The minimum atomic E-state index is -3.10. The molecule has 6 heteroatoms. The molecule has 4 N–H and O–H groups in total. The van der Waals surface area contributed by atoms with Crippen LogP contribution in [0.5, 0.6) is 0 Å². The molecule has 0 aromatic carbocycles. The lowest BCUT2D eigenvalue weighted by atomic mass is 9.79. The molecule has 5 nitrogen and oxygen atoms in total. The predicted molar refractivity (Wildman–Crippen MR) is 56.4 cm³/mol. The van der Waals surface area contributed by atoms with Gasteiger partial charge in [-0.3, -0.25) is 0 Å². The van der Waals surface area contributed by atoms with E-state index in [0.29, 0.717) is 13.1 Å².